The Labute approximate surface area is 173 Å². The Bertz CT molecular complexity index is 740. The quantitative estimate of drug-likeness (QED) is 0.696. The van der Waals surface area contributed by atoms with Crippen LogP contribution in [-0.2, 0) is 14.3 Å². The van der Waals surface area contributed by atoms with Crippen molar-refractivity contribution >= 4 is 11.9 Å². The van der Waals surface area contributed by atoms with Crippen molar-refractivity contribution in [1.82, 2.24) is 10.2 Å². The number of likely N-dealkylation sites (tertiary alicyclic amines) is 1. The molecule has 5 heteroatoms. The molecule has 1 aliphatic rings. The van der Waals surface area contributed by atoms with Gasteiger partial charge in [0.2, 0.25) is 5.91 Å². The lowest BCUT2D eigenvalue weighted by molar-refractivity contribution is -0.149. The average molecular weight is 395 g/mol. The third-order valence-corrected chi connectivity index (χ3v) is 5.35. The monoisotopic (exact) mass is 394 g/mol. The molecule has 0 radical (unpaired) electrons. The number of ether oxygens (including phenoxy) is 1. The first-order chi connectivity index (χ1) is 14.2. The predicted molar refractivity (Wildman–Crippen MR) is 113 cm³/mol. The van der Waals surface area contributed by atoms with E-state index in [-0.39, 0.29) is 23.8 Å². The fourth-order valence-electron chi connectivity index (χ4n) is 3.85. The number of benzene rings is 2. The van der Waals surface area contributed by atoms with Gasteiger partial charge in [-0.25, -0.2) is 0 Å². The van der Waals surface area contributed by atoms with E-state index in [0.29, 0.717) is 26.1 Å². The van der Waals surface area contributed by atoms with Gasteiger partial charge in [0, 0.05) is 19.5 Å². The summed E-state index contributed by atoms with van der Waals surface area (Å²) in [5.74, 6) is -0.177. The van der Waals surface area contributed by atoms with Gasteiger partial charge in [-0.2, -0.15) is 0 Å². The highest BCUT2D eigenvalue weighted by Gasteiger charge is 2.27. The number of carbonyl (C=O) groups is 2. The molecular formula is C24H30N2O3. The lowest BCUT2D eigenvalue weighted by Crippen LogP contribution is -2.41. The Balaban J connectivity index is 1.57. The van der Waals surface area contributed by atoms with Crippen LogP contribution in [0.2, 0.25) is 0 Å². The standard InChI is InChI=1S/C24H30N2O3/c1-2-29-24(28)21-14-9-16-26(18-21)17-15-22(27)25-23(19-10-5-3-6-11-19)20-12-7-4-8-13-20/h3-8,10-13,21,23H,2,9,14-18H2,1H3,(H,25,27). The third-order valence-electron chi connectivity index (χ3n) is 5.35. The summed E-state index contributed by atoms with van der Waals surface area (Å²) in [7, 11) is 0. The van der Waals surface area contributed by atoms with Crippen LogP contribution < -0.4 is 5.32 Å². The first kappa shape index (κ1) is 21.1. The Hall–Kier alpha value is -2.66. The molecule has 1 amide bonds. The maximum absolute atomic E-state index is 12.7. The average Bonchev–Trinajstić information content (AvgIpc) is 2.77. The summed E-state index contributed by atoms with van der Waals surface area (Å²) in [6, 6.07) is 19.9. The van der Waals surface area contributed by atoms with Gasteiger partial charge in [-0.15, -0.1) is 0 Å². The molecule has 3 rings (SSSR count). The van der Waals surface area contributed by atoms with E-state index in [9.17, 15) is 9.59 Å². The fourth-order valence-corrected chi connectivity index (χ4v) is 3.85. The van der Waals surface area contributed by atoms with Crippen molar-refractivity contribution in [3.05, 3.63) is 71.8 Å². The third kappa shape index (κ3) is 6.16. The van der Waals surface area contributed by atoms with Crippen molar-refractivity contribution < 1.29 is 14.3 Å². The van der Waals surface area contributed by atoms with Crippen LogP contribution in [0.3, 0.4) is 0 Å². The first-order valence-corrected chi connectivity index (χ1v) is 10.5. The minimum Gasteiger partial charge on any atom is -0.466 e. The summed E-state index contributed by atoms with van der Waals surface area (Å²) >= 11 is 0. The molecule has 1 heterocycles. The predicted octanol–water partition coefficient (Wildman–Crippen LogP) is 3.56. The zero-order valence-corrected chi connectivity index (χ0v) is 17.0. The minimum absolute atomic E-state index is 0.0148. The van der Waals surface area contributed by atoms with Crippen LogP contribution in [0.5, 0.6) is 0 Å². The number of piperidine rings is 1. The molecule has 1 fully saturated rings. The van der Waals surface area contributed by atoms with Crippen molar-refractivity contribution in [2.75, 3.05) is 26.2 Å². The molecule has 0 spiro atoms. The zero-order valence-electron chi connectivity index (χ0n) is 17.0. The highest BCUT2D eigenvalue weighted by atomic mass is 16.5. The molecule has 2 aromatic carbocycles. The maximum atomic E-state index is 12.7. The highest BCUT2D eigenvalue weighted by molar-refractivity contribution is 5.77. The number of hydrogen-bond donors (Lipinski definition) is 1. The van der Waals surface area contributed by atoms with Crippen LogP contribution >= 0.6 is 0 Å². The molecule has 1 N–H and O–H groups in total. The van der Waals surface area contributed by atoms with Crippen LogP contribution in [0.25, 0.3) is 0 Å². The minimum atomic E-state index is -0.168. The summed E-state index contributed by atoms with van der Waals surface area (Å²) in [6.45, 7) is 4.49. The molecule has 1 aliphatic heterocycles. The Morgan fingerprint density at radius 3 is 2.28 bits per heavy atom. The summed E-state index contributed by atoms with van der Waals surface area (Å²) in [5.41, 5.74) is 2.12. The van der Waals surface area contributed by atoms with E-state index in [4.69, 9.17) is 4.74 Å². The van der Waals surface area contributed by atoms with Gasteiger partial charge in [0.25, 0.3) is 0 Å². The zero-order chi connectivity index (χ0) is 20.5. The molecule has 1 atom stereocenters. The maximum Gasteiger partial charge on any atom is 0.310 e. The van der Waals surface area contributed by atoms with E-state index in [2.05, 4.69) is 10.2 Å². The molecule has 154 valence electrons. The fraction of sp³-hybridized carbons (Fsp3) is 0.417. The van der Waals surface area contributed by atoms with E-state index < -0.39 is 0 Å². The number of carbonyl (C=O) groups excluding carboxylic acids is 2. The summed E-state index contributed by atoms with van der Waals surface area (Å²) in [5, 5.41) is 3.19. The van der Waals surface area contributed by atoms with E-state index in [1.807, 2.05) is 67.6 Å². The van der Waals surface area contributed by atoms with Gasteiger partial charge in [0.05, 0.1) is 18.6 Å². The highest BCUT2D eigenvalue weighted by Crippen LogP contribution is 2.22. The lowest BCUT2D eigenvalue weighted by Gasteiger charge is -2.31. The molecule has 0 aromatic heterocycles. The van der Waals surface area contributed by atoms with Crippen molar-refractivity contribution in [3.8, 4) is 0 Å². The molecule has 1 saturated heterocycles. The summed E-state index contributed by atoms with van der Waals surface area (Å²) in [6.07, 6.45) is 2.24. The van der Waals surface area contributed by atoms with Gasteiger partial charge in [-0.1, -0.05) is 60.7 Å². The largest absolute Gasteiger partial charge is 0.466 e. The van der Waals surface area contributed by atoms with Crippen LogP contribution in [0.4, 0.5) is 0 Å². The summed E-state index contributed by atoms with van der Waals surface area (Å²) < 4.78 is 5.16. The molecule has 29 heavy (non-hydrogen) atoms. The van der Waals surface area contributed by atoms with Crippen molar-refractivity contribution in [2.24, 2.45) is 5.92 Å². The second kappa shape index (κ2) is 10.8. The van der Waals surface area contributed by atoms with Crippen LogP contribution in [0.15, 0.2) is 60.7 Å². The van der Waals surface area contributed by atoms with Gasteiger partial charge in [-0.05, 0) is 37.4 Å². The number of rotatable bonds is 8. The van der Waals surface area contributed by atoms with Gasteiger partial charge >= 0.3 is 5.97 Å². The van der Waals surface area contributed by atoms with Gasteiger partial charge in [0.1, 0.15) is 0 Å². The lowest BCUT2D eigenvalue weighted by atomic mass is 9.97. The van der Waals surface area contributed by atoms with Gasteiger partial charge < -0.3 is 15.0 Å². The SMILES string of the molecule is CCOC(=O)C1CCCN(CCC(=O)NC(c2ccccc2)c2ccccc2)C1. The Kier molecular flexibility index (Phi) is 7.82. The van der Waals surface area contributed by atoms with E-state index in [0.717, 1.165) is 30.5 Å². The van der Waals surface area contributed by atoms with E-state index >= 15 is 0 Å². The van der Waals surface area contributed by atoms with E-state index in [1.54, 1.807) is 0 Å². The second-order valence-corrected chi connectivity index (χ2v) is 7.46. The summed E-state index contributed by atoms with van der Waals surface area (Å²) in [4.78, 5) is 26.9. The molecule has 0 aliphatic carbocycles. The molecule has 0 saturated carbocycles. The van der Waals surface area contributed by atoms with E-state index in [1.165, 1.54) is 0 Å². The van der Waals surface area contributed by atoms with Crippen molar-refractivity contribution in [2.45, 2.75) is 32.2 Å². The van der Waals surface area contributed by atoms with Crippen LogP contribution in [0, 0.1) is 5.92 Å². The number of nitrogens with zero attached hydrogens (tertiary/aromatic N) is 1. The molecule has 5 nitrogen and oxygen atoms in total. The number of nitrogens with one attached hydrogen (secondary N) is 1. The number of hydrogen-bond acceptors (Lipinski definition) is 4. The topological polar surface area (TPSA) is 58.6 Å². The van der Waals surface area contributed by atoms with Crippen molar-refractivity contribution in [3.63, 3.8) is 0 Å². The number of amides is 1. The first-order valence-electron chi connectivity index (χ1n) is 10.5. The van der Waals surface area contributed by atoms with Crippen LogP contribution in [-0.4, -0.2) is 43.0 Å². The molecule has 0 bridgehead atoms. The van der Waals surface area contributed by atoms with Crippen LogP contribution in [0.1, 0.15) is 43.4 Å². The Morgan fingerprint density at radius 2 is 1.69 bits per heavy atom. The van der Waals surface area contributed by atoms with Gasteiger partial charge in [-0.3, -0.25) is 9.59 Å². The van der Waals surface area contributed by atoms with Gasteiger partial charge in [0.15, 0.2) is 0 Å². The normalized spacial score (nSPS) is 17.1. The molecule has 1 unspecified atom stereocenters. The Morgan fingerprint density at radius 1 is 1.07 bits per heavy atom. The van der Waals surface area contributed by atoms with Crippen molar-refractivity contribution in [1.29, 1.82) is 0 Å². The molecular weight excluding hydrogens is 364 g/mol. The smallest absolute Gasteiger partial charge is 0.310 e. The second-order valence-electron chi connectivity index (χ2n) is 7.46. The number of esters is 1. The molecule has 2 aromatic rings.